The minimum Gasteiger partial charge on any atom is -0.355 e. The van der Waals surface area contributed by atoms with Gasteiger partial charge in [-0.1, -0.05) is 48.4 Å². The standard InChI is InChI=1S/C19H25ClN4O/c20-17-13-22-24(15-17)12-6-10-21-19(25)18-9-4-5-11-23(18)14-16-7-2-1-3-8-16/h1-3,7-8,13,15,18H,4-6,9-12,14H2,(H,21,25). The first-order chi connectivity index (χ1) is 12.2. The number of aromatic nitrogens is 2. The summed E-state index contributed by atoms with van der Waals surface area (Å²) in [5.74, 6) is 0.147. The summed E-state index contributed by atoms with van der Waals surface area (Å²) in [6.45, 7) is 3.24. The molecule has 2 heterocycles. The molecule has 0 spiro atoms. The van der Waals surface area contributed by atoms with Gasteiger partial charge < -0.3 is 5.32 Å². The van der Waals surface area contributed by atoms with E-state index in [4.69, 9.17) is 11.6 Å². The molecule has 1 amide bonds. The van der Waals surface area contributed by atoms with Crippen LogP contribution >= 0.6 is 11.6 Å². The average Bonchev–Trinajstić information content (AvgIpc) is 3.05. The van der Waals surface area contributed by atoms with Crippen LogP contribution in [0.1, 0.15) is 31.2 Å². The maximum Gasteiger partial charge on any atom is 0.237 e. The van der Waals surface area contributed by atoms with Crippen molar-refractivity contribution in [2.75, 3.05) is 13.1 Å². The first kappa shape index (κ1) is 18.0. The van der Waals surface area contributed by atoms with Gasteiger partial charge in [-0.15, -0.1) is 0 Å². The fraction of sp³-hybridized carbons (Fsp3) is 0.474. The lowest BCUT2D eigenvalue weighted by molar-refractivity contribution is -0.127. The van der Waals surface area contributed by atoms with Crippen LogP contribution in [0, 0.1) is 0 Å². The van der Waals surface area contributed by atoms with Crippen molar-refractivity contribution in [3.8, 4) is 0 Å². The molecule has 3 rings (SSSR count). The lowest BCUT2D eigenvalue weighted by Crippen LogP contribution is -2.49. The molecule has 1 saturated heterocycles. The smallest absolute Gasteiger partial charge is 0.237 e. The predicted molar refractivity (Wildman–Crippen MR) is 99.4 cm³/mol. The van der Waals surface area contributed by atoms with E-state index in [1.165, 1.54) is 5.56 Å². The number of halogens is 1. The lowest BCUT2D eigenvalue weighted by Gasteiger charge is -2.34. The summed E-state index contributed by atoms with van der Waals surface area (Å²) >= 11 is 5.85. The summed E-state index contributed by atoms with van der Waals surface area (Å²) in [5, 5.41) is 7.88. The first-order valence-electron chi connectivity index (χ1n) is 8.96. The molecule has 0 radical (unpaired) electrons. The zero-order chi connectivity index (χ0) is 17.5. The van der Waals surface area contributed by atoms with E-state index in [0.29, 0.717) is 11.6 Å². The minimum atomic E-state index is -0.0203. The third-order valence-corrected chi connectivity index (χ3v) is 4.80. The van der Waals surface area contributed by atoms with E-state index in [1.54, 1.807) is 17.1 Å². The van der Waals surface area contributed by atoms with Gasteiger partial charge >= 0.3 is 0 Å². The van der Waals surface area contributed by atoms with Gasteiger partial charge in [0.1, 0.15) is 0 Å². The predicted octanol–water partition coefficient (Wildman–Crippen LogP) is 3.10. The summed E-state index contributed by atoms with van der Waals surface area (Å²) in [6.07, 6.45) is 7.49. The summed E-state index contributed by atoms with van der Waals surface area (Å²) in [7, 11) is 0. The number of likely N-dealkylation sites (tertiary alicyclic amines) is 1. The Morgan fingerprint density at radius 3 is 2.88 bits per heavy atom. The summed E-state index contributed by atoms with van der Waals surface area (Å²) in [4.78, 5) is 14.9. The highest BCUT2D eigenvalue weighted by atomic mass is 35.5. The Morgan fingerprint density at radius 1 is 1.28 bits per heavy atom. The number of carbonyl (C=O) groups excluding carboxylic acids is 1. The molecule has 6 heteroatoms. The molecule has 1 aliphatic rings. The van der Waals surface area contributed by atoms with Crippen LogP contribution in [0.25, 0.3) is 0 Å². The van der Waals surface area contributed by atoms with Crippen LogP contribution in [-0.2, 0) is 17.9 Å². The van der Waals surface area contributed by atoms with Gasteiger partial charge in [0.2, 0.25) is 5.91 Å². The average molecular weight is 361 g/mol. The number of nitrogens with zero attached hydrogens (tertiary/aromatic N) is 3. The van der Waals surface area contributed by atoms with E-state index in [0.717, 1.165) is 45.3 Å². The Bertz CT molecular complexity index is 673. The number of amides is 1. The second-order valence-electron chi connectivity index (χ2n) is 6.53. The molecule has 1 unspecified atom stereocenters. The molecule has 0 saturated carbocycles. The number of piperidine rings is 1. The molecule has 1 N–H and O–H groups in total. The monoisotopic (exact) mass is 360 g/mol. The molecule has 1 aliphatic heterocycles. The van der Waals surface area contributed by atoms with Crippen molar-refractivity contribution in [2.24, 2.45) is 0 Å². The van der Waals surface area contributed by atoms with Crippen LogP contribution in [-0.4, -0.2) is 39.7 Å². The Morgan fingerprint density at radius 2 is 2.12 bits per heavy atom. The van der Waals surface area contributed by atoms with Crippen LogP contribution in [0.4, 0.5) is 0 Å². The highest BCUT2D eigenvalue weighted by Crippen LogP contribution is 2.19. The third-order valence-electron chi connectivity index (χ3n) is 4.61. The molecule has 1 aromatic carbocycles. The third kappa shape index (κ3) is 5.31. The molecule has 0 bridgehead atoms. The molecule has 1 fully saturated rings. The fourth-order valence-electron chi connectivity index (χ4n) is 3.33. The molecule has 2 aromatic rings. The Balaban J connectivity index is 1.47. The number of nitrogens with one attached hydrogen (secondary N) is 1. The largest absolute Gasteiger partial charge is 0.355 e. The minimum absolute atomic E-state index is 0.0203. The van der Waals surface area contributed by atoms with Crippen LogP contribution < -0.4 is 5.32 Å². The van der Waals surface area contributed by atoms with Crippen LogP contribution in [0.15, 0.2) is 42.7 Å². The van der Waals surface area contributed by atoms with Crippen molar-refractivity contribution in [3.05, 3.63) is 53.3 Å². The van der Waals surface area contributed by atoms with Gasteiger partial charge in [0.25, 0.3) is 0 Å². The SMILES string of the molecule is O=C(NCCCn1cc(Cl)cn1)C1CCCCN1Cc1ccccc1. The second kappa shape index (κ2) is 9.02. The molecule has 5 nitrogen and oxygen atoms in total. The van der Waals surface area contributed by atoms with E-state index in [9.17, 15) is 4.79 Å². The van der Waals surface area contributed by atoms with E-state index in [2.05, 4.69) is 39.6 Å². The molecular formula is C19H25ClN4O. The first-order valence-corrected chi connectivity index (χ1v) is 9.34. The van der Waals surface area contributed by atoms with Crippen molar-refractivity contribution in [2.45, 2.75) is 44.8 Å². The van der Waals surface area contributed by atoms with Gasteiger partial charge in [0, 0.05) is 25.8 Å². The quantitative estimate of drug-likeness (QED) is 0.772. The van der Waals surface area contributed by atoms with Crippen molar-refractivity contribution in [1.82, 2.24) is 20.0 Å². The molecule has 25 heavy (non-hydrogen) atoms. The van der Waals surface area contributed by atoms with Crippen molar-refractivity contribution in [3.63, 3.8) is 0 Å². The van der Waals surface area contributed by atoms with Crippen molar-refractivity contribution < 1.29 is 4.79 Å². The maximum absolute atomic E-state index is 12.6. The summed E-state index contributed by atoms with van der Waals surface area (Å²) in [6, 6.07) is 10.4. The summed E-state index contributed by atoms with van der Waals surface area (Å²) < 4.78 is 1.80. The zero-order valence-corrected chi connectivity index (χ0v) is 15.2. The van der Waals surface area contributed by atoms with Crippen LogP contribution in [0.3, 0.4) is 0 Å². The topological polar surface area (TPSA) is 50.2 Å². The summed E-state index contributed by atoms with van der Waals surface area (Å²) in [5.41, 5.74) is 1.26. The van der Waals surface area contributed by atoms with Crippen LogP contribution in [0.2, 0.25) is 5.02 Å². The van der Waals surface area contributed by atoms with Gasteiger partial charge in [0.15, 0.2) is 0 Å². The molecule has 1 atom stereocenters. The fourth-order valence-corrected chi connectivity index (χ4v) is 3.48. The molecular weight excluding hydrogens is 336 g/mol. The Labute approximate surface area is 154 Å². The molecule has 134 valence electrons. The van der Waals surface area contributed by atoms with E-state index >= 15 is 0 Å². The number of rotatable bonds is 7. The number of hydrogen-bond donors (Lipinski definition) is 1. The van der Waals surface area contributed by atoms with Gasteiger partial charge in [-0.2, -0.15) is 5.10 Å². The van der Waals surface area contributed by atoms with Gasteiger partial charge in [-0.3, -0.25) is 14.4 Å². The zero-order valence-electron chi connectivity index (χ0n) is 14.4. The lowest BCUT2D eigenvalue weighted by atomic mass is 10.0. The highest BCUT2D eigenvalue weighted by Gasteiger charge is 2.28. The molecule has 0 aliphatic carbocycles. The van der Waals surface area contributed by atoms with Crippen molar-refractivity contribution >= 4 is 17.5 Å². The van der Waals surface area contributed by atoms with Gasteiger partial charge in [0.05, 0.1) is 17.3 Å². The maximum atomic E-state index is 12.6. The van der Waals surface area contributed by atoms with Gasteiger partial charge in [-0.05, 0) is 31.4 Å². The molecule has 1 aromatic heterocycles. The second-order valence-corrected chi connectivity index (χ2v) is 6.97. The van der Waals surface area contributed by atoms with Crippen LogP contribution in [0.5, 0.6) is 0 Å². The Kier molecular flexibility index (Phi) is 6.48. The number of hydrogen-bond acceptors (Lipinski definition) is 3. The number of aryl methyl sites for hydroxylation is 1. The highest BCUT2D eigenvalue weighted by molar-refractivity contribution is 6.30. The Hall–Kier alpha value is -1.85. The van der Waals surface area contributed by atoms with E-state index < -0.39 is 0 Å². The van der Waals surface area contributed by atoms with Gasteiger partial charge in [-0.25, -0.2) is 0 Å². The number of benzene rings is 1. The normalized spacial score (nSPS) is 18.2. The van der Waals surface area contributed by atoms with Crippen molar-refractivity contribution in [1.29, 1.82) is 0 Å². The number of carbonyl (C=O) groups is 1. The van der Waals surface area contributed by atoms with E-state index in [-0.39, 0.29) is 11.9 Å². The van der Waals surface area contributed by atoms with E-state index in [1.807, 2.05) is 6.07 Å².